The summed E-state index contributed by atoms with van der Waals surface area (Å²) < 4.78 is 4.78. The standard InChI is InChI=1S/C15H15N3O7S.Na/c19-11(8-26-9-2-1-5-16-6-9)17-10-7-24-18(13(10)21)15(14(22)23)4-3-12(20)25-15;/h1-2,5-6,10H,3-4,7-8H2,(H,17,19)(H,22,23);/q;+1/p-1/t10-,15?;/m0./s1. The first-order chi connectivity index (χ1) is 12.4. The van der Waals surface area contributed by atoms with Crippen molar-refractivity contribution < 1.29 is 63.4 Å². The van der Waals surface area contributed by atoms with E-state index in [0.717, 1.165) is 4.90 Å². The Hall–Kier alpha value is -1.66. The van der Waals surface area contributed by atoms with Crippen LogP contribution in [0.15, 0.2) is 29.4 Å². The van der Waals surface area contributed by atoms with Crippen molar-refractivity contribution in [2.45, 2.75) is 29.5 Å². The van der Waals surface area contributed by atoms with Crippen LogP contribution in [0.5, 0.6) is 0 Å². The van der Waals surface area contributed by atoms with Gasteiger partial charge in [-0.15, -0.1) is 11.8 Å². The summed E-state index contributed by atoms with van der Waals surface area (Å²) in [7, 11) is 0. The van der Waals surface area contributed by atoms with E-state index < -0.39 is 35.5 Å². The van der Waals surface area contributed by atoms with Crippen molar-refractivity contribution in [1.29, 1.82) is 0 Å². The van der Waals surface area contributed by atoms with Crippen molar-refractivity contribution in [2.75, 3.05) is 12.4 Å². The zero-order valence-corrected chi connectivity index (χ0v) is 17.2. The number of carboxylic acids is 1. The van der Waals surface area contributed by atoms with Gasteiger partial charge in [0, 0.05) is 23.7 Å². The molecule has 0 bridgehead atoms. The summed E-state index contributed by atoms with van der Waals surface area (Å²) in [5.74, 6) is -3.74. The Labute approximate surface area is 180 Å². The van der Waals surface area contributed by atoms with Crippen LogP contribution in [0.4, 0.5) is 0 Å². The van der Waals surface area contributed by atoms with Crippen LogP contribution in [0.25, 0.3) is 0 Å². The van der Waals surface area contributed by atoms with Crippen LogP contribution in [0.3, 0.4) is 0 Å². The van der Waals surface area contributed by atoms with E-state index >= 15 is 0 Å². The number of hydrogen-bond acceptors (Lipinski definition) is 9. The molecule has 12 heteroatoms. The number of cyclic esters (lactones) is 1. The molecule has 2 aliphatic rings. The van der Waals surface area contributed by atoms with Crippen LogP contribution >= 0.6 is 11.8 Å². The first kappa shape index (κ1) is 21.6. The molecule has 2 fully saturated rings. The van der Waals surface area contributed by atoms with Gasteiger partial charge in [0.05, 0.1) is 12.2 Å². The number of esters is 1. The number of amides is 2. The second-order valence-corrected chi connectivity index (χ2v) is 6.62. The molecular formula is C15H14N3NaO7S. The van der Waals surface area contributed by atoms with Crippen LogP contribution in [-0.4, -0.2) is 57.9 Å². The van der Waals surface area contributed by atoms with Gasteiger partial charge in [-0.2, -0.15) is 5.06 Å². The zero-order chi connectivity index (χ0) is 18.7. The van der Waals surface area contributed by atoms with Gasteiger partial charge >= 0.3 is 35.5 Å². The molecule has 0 radical (unpaired) electrons. The van der Waals surface area contributed by atoms with Crippen molar-refractivity contribution in [1.82, 2.24) is 15.4 Å². The molecule has 1 aromatic heterocycles. The van der Waals surface area contributed by atoms with E-state index in [-0.39, 0.29) is 54.8 Å². The third-order valence-electron chi connectivity index (χ3n) is 3.81. The van der Waals surface area contributed by atoms with Crippen LogP contribution in [0.2, 0.25) is 0 Å². The molecule has 3 heterocycles. The Bertz CT molecular complexity index is 750. The third kappa shape index (κ3) is 4.61. The van der Waals surface area contributed by atoms with E-state index in [1.165, 1.54) is 11.8 Å². The van der Waals surface area contributed by atoms with Gasteiger partial charge in [0.2, 0.25) is 5.91 Å². The predicted molar refractivity (Wildman–Crippen MR) is 82.8 cm³/mol. The predicted octanol–water partition coefficient (Wildman–Crippen LogP) is -4.78. The fraction of sp³-hybridized carbons (Fsp3) is 0.400. The van der Waals surface area contributed by atoms with Gasteiger partial charge in [-0.25, -0.2) is 0 Å². The number of pyridine rings is 1. The fourth-order valence-electron chi connectivity index (χ4n) is 2.56. The van der Waals surface area contributed by atoms with E-state index in [0.29, 0.717) is 5.06 Å². The van der Waals surface area contributed by atoms with Gasteiger partial charge in [0.25, 0.3) is 11.6 Å². The molecule has 138 valence electrons. The summed E-state index contributed by atoms with van der Waals surface area (Å²) in [5.41, 5.74) is -2.29. The van der Waals surface area contributed by atoms with Crippen LogP contribution in [-0.2, 0) is 28.8 Å². The molecule has 0 saturated carbocycles. The number of hydroxylamine groups is 2. The molecule has 10 nitrogen and oxygen atoms in total. The minimum atomic E-state index is -2.29. The molecular weight excluding hydrogens is 389 g/mol. The summed E-state index contributed by atoms with van der Waals surface area (Å²) >= 11 is 1.23. The fourth-order valence-corrected chi connectivity index (χ4v) is 3.25. The number of thioether (sulfide) groups is 1. The minimum absolute atomic E-state index is 0. The van der Waals surface area contributed by atoms with E-state index in [4.69, 9.17) is 9.57 Å². The zero-order valence-electron chi connectivity index (χ0n) is 14.4. The third-order valence-corrected chi connectivity index (χ3v) is 4.79. The molecule has 1 unspecified atom stereocenters. The maximum absolute atomic E-state index is 12.4. The smallest absolute Gasteiger partial charge is 0.544 e. The molecule has 27 heavy (non-hydrogen) atoms. The second-order valence-electron chi connectivity index (χ2n) is 5.57. The molecule has 3 rings (SSSR count). The Morgan fingerprint density at radius 1 is 1.44 bits per heavy atom. The number of rotatable bonds is 6. The summed E-state index contributed by atoms with van der Waals surface area (Å²) in [6, 6.07) is 2.44. The number of ether oxygens (including phenoxy) is 1. The number of aromatic nitrogens is 1. The molecule has 0 aliphatic carbocycles. The number of nitrogens with zero attached hydrogens (tertiary/aromatic N) is 2. The molecule has 1 aromatic rings. The molecule has 2 amide bonds. The van der Waals surface area contributed by atoms with Gasteiger partial charge in [-0.1, -0.05) is 0 Å². The number of carbonyl (C=O) groups excluding carboxylic acids is 4. The molecule has 2 aliphatic heterocycles. The first-order valence-corrected chi connectivity index (χ1v) is 8.63. The summed E-state index contributed by atoms with van der Waals surface area (Å²) in [4.78, 5) is 57.0. The normalized spacial score (nSPS) is 24.3. The number of aliphatic carboxylic acids is 1. The SMILES string of the molecule is O=C(CSc1cccnc1)N[C@H]1CON(C2(C(=O)[O-])CCC(=O)O2)C1=O.[Na+]. The largest absolute Gasteiger partial charge is 1.00 e. The number of nitrogens with one attached hydrogen (secondary N) is 1. The monoisotopic (exact) mass is 403 g/mol. The number of hydrogen-bond donors (Lipinski definition) is 1. The second kappa shape index (κ2) is 9.02. The van der Waals surface area contributed by atoms with Gasteiger partial charge in [-0.05, 0) is 12.1 Å². The quantitative estimate of drug-likeness (QED) is 0.282. The summed E-state index contributed by atoms with van der Waals surface area (Å²) in [6.07, 6.45) is 2.75. The van der Waals surface area contributed by atoms with Crippen molar-refractivity contribution in [3.63, 3.8) is 0 Å². The van der Waals surface area contributed by atoms with E-state index in [9.17, 15) is 24.3 Å². The van der Waals surface area contributed by atoms with Crippen molar-refractivity contribution >= 4 is 35.5 Å². The van der Waals surface area contributed by atoms with Crippen LogP contribution in [0, 0.1) is 0 Å². The average molecular weight is 403 g/mol. The molecule has 2 atom stereocenters. The Balaban J connectivity index is 0.00000261. The van der Waals surface area contributed by atoms with Crippen molar-refractivity contribution in [3.05, 3.63) is 24.5 Å². The van der Waals surface area contributed by atoms with E-state index in [1.807, 2.05) is 0 Å². The van der Waals surface area contributed by atoms with Crippen LogP contribution < -0.4 is 40.0 Å². The molecule has 1 N–H and O–H groups in total. The van der Waals surface area contributed by atoms with Crippen LogP contribution in [0.1, 0.15) is 12.8 Å². The van der Waals surface area contributed by atoms with Gasteiger partial charge in [-0.3, -0.25) is 24.2 Å². The maximum atomic E-state index is 12.4. The van der Waals surface area contributed by atoms with Gasteiger partial charge in [0.15, 0.2) is 0 Å². The first-order valence-electron chi connectivity index (χ1n) is 7.65. The molecule has 0 aromatic carbocycles. The van der Waals surface area contributed by atoms with Crippen molar-refractivity contribution in [3.8, 4) is 0 Å². The van der Waals surface area contributed by atoms with Gasteiger partial charge in [0.1, 0.15) is 18.6 Å². The topological polar surface area (TPSA) is 138 Å². The van der Waals surface area contributed by atoms with E-state index in [1.54, 1.807) is 24.5 Å². The Morgan fingerprint density at radius 2 is 2.22 bits per heavy atom. The minimum Gasteiger partial charge on any atom is -0.544 e. The number of carboxylic acid groups (broad SMARTS) is 1. The molecule has 2 saturated heterocycles. The van der Waals surface area contributed by atoms with E-state index in [2.05, 4.69) is 10.3 Å². The Kier molecular flexibility index (Phi) is 7.23. The van der Waals surface area contributed by atoms with Gasteiger partial charge < -0.3 is 20.0 Å². The summed E-state index contributed by atoms with van der Waals surface area (Å²) in [5, 5.41) is 14.4. The number of carbonyl (C=O) groups is 4. The Morgan fingerprint density at radius 3 is 2.81 bits per heavy atom. The molecule has 0 spiro atoms. The maximum Gasteiger partial charge on any atom is 1.00 e. The average Bonchev–Trinajstić information content (AvgIpc) is 3.18. The van der Waals surface area contributed by atoms with Crippen molar-refractivity contribution in [2.24, 2.45) is 0 Å². The summed E-state index contributed by atoms with van der Waals surface area (Å²) in [6.45, 7) is -0.269.